The van der Waals surface area contributed by atoms with Gasteiger partial charge >= 0.3 is 0 Å². The van der Waals surface area contributed by atoms with E-state index in [1.807, 2.05) is 7.05 Å². The van der Waals surface area contributed by atoms with Crippen molar-refractivity contribution in [1.29, 1.82) is 0 Å². The molecule has 1 aliphatic rings. The highest BCUT2D eigenvalue weighted by Gasteiger charge is 2.21. The molecule has 0 spiro atoms. The minimum absolute atomic E-state index is 0.483. The Bertz CT molecular complexity index is 1010. The highest BCUT2D eigenvalue weighted by atomic mass is 28.3. The molecular weight excluding hydrogens is 406 g/mol. The molecule has 2 aromatic heterocycles. The second-order valence-corrected chi connectivity index (χ2v) is 14.8. The fraction of sp³-hybridized carbons (Fsp3) is 0.478. The molecule has 0 aliphatic carbocycles. The van der Waals surface area contributed by atoms with Crippen LogP contribution in [0.4, 0.5) is 11.5 Å². The first kappa shape index (κ1) is 21.8. The summed E-state index contributed by atoms with van der Waals surface area (Å²) in [6.07, 6.45) is 1.67. The van der Waals surface area contributed by atoms with E-state index in [-0.39, 0.29) is 0 Å². The monoisotopic (exact) mass is 439 g/mol. The summed E-state index contributed by atoms with van der Waals surface area (Å²) < 4.78 is 13.9. The van der Waals surface area contributed by atoms with Gasteiger partial charge in [0.25, 0.3) is 0 Å². The molecule has 4 rings (SSSR count). The third-order valence-electron chi connectivity index (χ3n) is 5.67. The van der Waals surface area contributed by atoms with Gasteiger partial charge in [-0.15, -0.1) is 0 Å². The topological polar surface area (TPSA) is 64.4 Å². The van der Waals surface area contributed by atoms with Gasteiger partial charge in [0.1, 0.15) is 24.5 Å². The Kier molecular flexibility index (Phi) is 6.59. The van der Waals surface area contributed by atoms with Crippen LogP contribution in [0.15, 0.2) is 36.7 Å². The van der Waals surface area contributed by atoms with Gasteiger partial charge < -0.3 is 24.3 Å². The number of hydrogen-bond donors (Lipinski definition) is 1. The standard InChI is InChI=1S/C23H33N5O2Si/c1-24-19-7-5-18(6-8-19)21-15-20-22(27-9-11-29-12-10-27)25-16-26-23(20)28(21)17-30-13-14-31(2,3)4/h5-8,15-16,24H,9-14,17H2,1-4H3. The van der Waals surface area contributed by atoms with Crippen LogP contribution in [0, 0.1) is 0 Å². The molecule has 8 heteroatoms. The van der Waals surface area contributed by atoms with E-state index in [4.69, 9.17) is 9.47 Å². The Balaban J connectivity index is 1.71. The van der Waals surface area contributed by atoms with Gasteiger partial charge in [0.15, 0.2) is 0 Å². The maximum Gasteiger partial charge on any atom is 0.147 e. The number of ether oxygens (including phenoxy) is 2. The number of nitrogens with one attached hydrogen (secondary N) is 1. The van der Waals surface area contributed by atoms with Gasteiger partial charge in [-0.1, -0.05) is 31.8 Å². The summed E-state index contributed by atoms with van der Waals surface area (Å²) in [5.41, 5.74) is 4.24. The molecule has 1 saturated heterocycles. The smallest absolute Gasteiger partial charge is 0.147 e. The van der Waals surface area contributed by atoms with Crippen molar-refractivity contribution < 1.29 is 9.47 Å². The van der Waals surface area contributed by atoms with Crippen molar-refractivity contribution in [1.82, 2.24) is 14.5 Å². The van der Waals surface area contributed by atoms with E-state index in [0.717, 1.165) is 72.8 Å². The summed E-state index contributed by atoms with van der Waals surface area (Å²) in [6.45, 7) is 11.5. The molecule has 3 aromatic rings. The van der Waals surface area contributed by atoms with Crippen molar-refractivity contribution >= 4 is 30.6 Å². The third kappa shape index (κ3) is 5.08. The molecular formula is C23H33N5O2Si. The van der Waals surface area contributed by atoms with Gasteiger partial charge in [-0.2, -0.15) is 0 Å². The van der Waals surface area contributed by atoms with E-state index in [1.54, 1.807) is 6.33 Å². The molecule has 166 valence electrons. The van der Waals surface area contributed by atoms with Crippen molar-refractivity contribution in [2.45, 2.75) is 32.4 Å². The maximum absolute atomic E-state index is 6.15. The lowest BCUT2D eigenvalue weighted by atomic mass is 10.1. The van der Waals surface area contributed by atoms with Gasteiger partial charge in [0, 0.05) is 40.5 Å². The van der Waals surface area contributed by atoms with Crippen molar-refractivity contribution in [3.05, 3.63) is 36.7 Å². The van der Waals surface area contributed by atoms with Gasteiger partial charge in [0.05, 0.1) is 24.3 Å². The number of hydrogen-bond acceptors (Lipinski definition) is 6. The lowest BCUT2D eigenvalue weighted by molar-refractivity contribution is 0.0909. The molecule has 1 aliphatic heterocycles. The van der Waals surface area contributed by atoms with Crippen molar-refractivity contribution in [3.63, 3.8) is 0 Å². The van der Waals surface area contributed by atoms with Crippen molar-refractivity contribution in [2.24, 2.45) is 0 Å². The predicted octanol–water partition coefficient (Wildman–Crippen LogP) is 4.29. The number of benzene rings is 1. The Morgan fingerprint density at radius 2 is 1.84 bits per heavy atom. The Hall–Kier alpha value is -2.42. The van der Waals surface area contributed by atoms with E-state index in [2.05, 4.69) is 74.7 Å². The number of rotatable bonds is 8. The van der Waals surface area contributed by atoms with Crippen LogP contribution in [-0.2, 0) is 16.2 Å². The van der Waals surface area contributed by atoms with E-state index in [0.29, 0.717) is 6.73 Å². The van der Waals surface area contributed by atoms with Crippen LogP contribution in [-0.4, -0.2) is 62.6 Å². The second kappa shape index (κ2) is 9.38. The second-order valence-electron chi connectivity index (χ2n) is 9.17. The molecule has 0 unspecified atom stereocenters. The molecule has 3 heterocycles. The zero-order chi connectivity index (χ0) is 21.8. The quantitative estimate of drug-likeness (QED) is 0.417. The Labute approximate surface area is 185 Å². The summed E-state index contributed by atoms with van der Waals surface area (Å²) in [7, 11) is 0.795. The average Bonchev–Trinajstić information content (AvgIpc) is 3.15. The Morgan fingerprint density at radius 3 is 2.52 bits per heavy atom. The molecule has 31 heavy (non-hydrogen) atoms. The van der Waals surface area contributed by atoms with Crippen LogP contribution in [0.1, 0.15) is 0 Å². The zero-order valence-electron chi connectivity index (χ0n) is 19.0. The first-order valence-corrected chi connectivity index (χ1v) is 14.7. The first-order chi connectivity index (χ1) is 15.0. The average molecular weight is 440 g/mol. The maximum atomic E-state index is 6.15. The van der Waals surface area contributed by atoms with Crippen molar-refractivity contribution in [3.8, 4) is 11.3 Å². The summed E-state index contributed by atoms with van der Waals surface area (Å²) in [5.74, 6) is 0.974. The third-order valence-corrected chi connectivity index (χ3v) is 7.37. The molecule has 0 radical (unpaired) electrons. The lowest BCUT2D eigenvalue weighted by Crippen LogP contribution is -2.36. The fourth-order valence-electron chi connectivity index (χ4n) is 3.79. The summed E-state index contributed by atoms with van der Waals surface area (Å²) >= 11 is 0. The van der Waals surface area contributed by atoms with E-state index in [9.17, 15) is 0 Å². The molecule has 0 amide bonds. The number of aromatic nitrogens is 3. The van der Waals surface area contributed by atoms with Gasteiger partial charge in [-0.3, -0.25) is 0 Å². The van der Waals surface area contributed by atoms with Crippen LogP contribution in [0.25, 0.3) is 22.3 Å². The van der Waals surface area contributed by atoms with E-state index in [1.165, 1.54) is 0 Å². The lowest BCUT2D eigenvalue weighted by Gasteiger charge is -2.28. The van der Waals surface area contributed by atoms with Crippen LogP contribution in [0.5, 0.6) is 0 Å². The molecule has 0 atom stereocenters. The molecule has 1 fully saturated rings. The minimum atomic E-state index is -1.14. The molecule has 7 nitrogen and oxygen atoms in total. The van der Waals surface area contributed by atoms with Crippen molar-refractivity contribution in [2.75, 3.05) is 50.2 Å². The zero-order valence-corrected chi connectivity index (χ0v) is 20.0. The summed E-state index contributed by atoms with van der Waals surface area (Å²) in [6, 6.07) is 11.8. The van der Waals surface area contributed by atoms with E-state index >= 15 is 0 Å². The number of anilines is 2. The fourth-order valence-corrected chi connectivity index (χ4v) is 4.55. The van der Waals surface area contributed by atoms with Crippen LogP contribution < -0.4 is 10.2 Å². The largest absolute Gasteiger partial charge is 0.388 e. The van der Waals surface area contributed by atoms with Gasteiger partial charge in [-0.25, -0.2) is 9.97 Å². The predicted molar refractivity (Wildman–Crippen MR) is 130 cm³/mol. The highest BCUT2D eigenvalue weighted by molar-refractivity contribution is 6.76. The molecule has 0 bridgehead atoms. The minimum Gasteiger partial charge on any atom is -0.388 e. The normalized spacial score (nSPS) is 14.9. The van der Waals surface area contributed by atoms with E-state index < -0.39 is 8.07 Å². The summed E-state index contributed by atoms with van der Waals surface area (Å²) in [5, 5.41) is 4.25. The number of fused-ring (bicyclic) bond motifs is 1. The SMILES string of the molecule is CNc1ccc(-c2cc3c(N4CCOCC4)ncnc3n2COCC[Si](C)(C)C)cc1. The van der Waals surface area contributed by atoms with Crippen LogP contribution in [0.2, 0.25) is 25.7 Å². The highest BCUT2D eigenvalue weighted by Crippen LogP contribution is 2.33. The van der Waals surface area contributed by atoms with Gasteiger partial charge in [-0.05, 0) is 29.8 Å². The first-order valence-electron chi connectivity index (χ1n) is 11.0. The van der Waals surface area contributed by atoms with Gasteiger partial charge in [0.2, 0.25) is 0 Å². The molecule has 0 saturated carbocycles. The Morgan fingerprint density at radius 1 is 1.10 bits per heavy atom. The number of morpholine rings is 1. The molecule has 1 N–H and O–H groups in total. The van der Waals surface area contributed by atoms with Crippen LogP contribution in [0.3, 0.4) is 0 Å². The summed E-state index contributed by atoms with van der Waals surface area (Å²) in [4.78, 5) is 11.6. The number of nitrogens with zero attached hydrogens (tertiary/aromatic N) is 4. The molecule has 1 aromatic carbocycles. The van der Waals surface area contributed by atoms with Crippen LogP contribution >= 0.6 is 0 Å².